The average molecular weight is 258 g/mol. The lowest BCUT2D eigenvalue weighted by Gasteiger charge is -2.19. The number of rotatable bonds is 6. The highest BCUT2D eigenvalue weighted by Gasteiger charge is 2.22. The first-order chi connectivity index (χ1) is 9.35. The van der Waals surface area contributed by atoms with E-state index in [2.05, 4.69) is 41.4 Å². The van der Waals surface area contributed by atoms with Crippen molar-refractivity contribution in [2.24, 2.45) is 5.92 Å². The third-order valence-corrected chi connectivity index (χ3v) is 4.46. The van der Waals surface area contributed by atoms with Gasteiger partial charge in [-0.25, -0.2) is 0 Å². The second kappa shape index (κ2) is 5.96. The fourth-order valence-electron chi connectivity index (χ4n) is 3.09. The van der Waals surface area contributed by atoms with E-state index >= 15 is 0 Å². The summed E-state index contributed by atoms with van der Waals surface area (Å²) in [5.74, 6) is 0.918. The van der Waals surface area contributed by atoms with Crippen LogP contribution < -0.4 is 10.2 Å². The standard InChI is InChI=1S/C17H26N2/c1-2-3-15-10-11-19(13-15)17-8-4-14(5-9-17)12-18-16-6-7-16/h4-5,8-9,15-16,18H,2-3,6-7,10-13H2,1H3. The maximum Gasteiger partial charge on any atom is 0.0366 e. The van der Waals surface area contributed by atoms with Crippen LogP contribution in [0.5, 0.6) is 0 Å². The Morgan fingerprint density at radius 3 is 2.63 bits per heavy atom. The normalized spacial score (nSPS) is 23.0. The molecule has 1 saturated heterocycles. The number of nitrogens with one attached hydrogen (secondary N) is 1. The zero-order chi connectivity index (χ0) is 13.1. The van der Waals surface area contributed by atoms with Gasteiger partial charge in [-0.3, -0.25) is 0 Å². The largest absolute Gasteiger partial charge is 0.371 e. The van der Waals surface area contributed by atoms with Crippen LogP contribution in [0, 0.1) is 5.92 Å². The molecule has 1 atom stereocenters. The van der Waals surface area contributed by atoms with Crippen LogP contribution in [0.15, 0.2) is 24.3 Å². The molecule has 0 bridgehead atoms. The van der Waals surface area contributed by atoms with E-state index in [0.29, 0.717) is 0 Å². The first-order valence-electron chi connectivity index (χ1n) is 7.92. The van der Waals surface area contributed by atoms with Crippen molar-refractivity contribution >= 4 is 5.69 Å². The Morgan fingerprint density at radius 2 is 1.95 bits per heavy atom. The zero-order valence-corrected chi connectivity index (χ0v) is 12.1. The smallest absolute Gasteiger partial charge is 0.0366 e. The van der Waals surface area contributed by atoms with Crippen molar-refractivity contribution in [3.05, 3.63) is 29.8 Å². The average Bonchev–Trinajstić information content (AvgIpc) is 3.16. The summed E-state index contributed by atoms with van der Waals surface area (Å²) >= 11 is 0. The van der Waals surface area contributed by atoms with Gasteiger partial charge in [-0.05, 0) is 49.3 Å². The molecule has 1 aliphatic carbocycles. The molecule has 1 aromatic rings. The Kier molecular flexibility index (Phi) is 4.07. The Bertz CT molecular complexity index is 394. The summed E-state index contributed by atoms with van der Waals surface area (Å²) in [6.45, 7) is 5.82. The summed E-state index contributed by atoms with van der Waals surface area (Å²) in [6.07, 6.45) is 6.82. The van der Waals surface area contributed by atoms with E-state index in [1.807, 2.05) is 0 Å². The minimum atomic E-state index is 0.799. The Balaban J connectivity index is 1.53. The van der Waals surface area contributed by atoms with Crippen LogP contribution in [-0.2, 0) is 6.54 Å². The van der Waals surface area contributed by atoms with Crippen molar-refractivity contribution in [2.45, 2.75) is 51.6 Å². The lowest BCUT2D eigenvalue weighted by atomic mass is 10.0. The van der Waals surface area contributed by atoms with Gasteiger partial charge >= 0.3 is 0 Å². The van der Waals surface area contributed by atoms with Crippen molar-refractivity contribution < 1.29 is 0 Å². The van der Waals surface area contributed by atoms with Crippen LogP contribution in [0.3, 0.4) is 0 Å². The third kappa shape index (κ3) is 3.50. The molecule has 2 fully saturated rings. The Hall–Kier alpha value is -1.02. The molecule has 1 aliphatic heterocycles. The molecular formula is C17H26N2. The Morgan fingerprint density at radius 1 is 1.16 bits per heavy atom. The second-order valence-corrected chi connectivity index (χ2v) is 6.21. The predicted molar refractivity (Wildman–Crippen MR) is 81.5 cm³/mol. The summed E-state index contributed by atoms with van der Waals surface area (Å²) < 4.78 is 0. The van der Waals surface area contributed by atoms with Gasteiger partial charge < -0.3 is 10.2 Å². The Labute approximate surface area is 117 Å². The maximum absolute atomic E-state index is 3.57. The molecule has 2 heteroatoms. The molecule has 0 aromatic heterocycles. The minimum Gasteiger partial charge on any atom is -0.371 e. The number of anilines is 1. The fourth-order valence-corrected chi connectivity index (χ4v) is 3.09. The van der Waals surface area contributed by atoms with E-state index in [4.69, 9.17) is 0 Å². The van der Waals surface area contributed by atoms with Gasteiger partial charge in [-0.2, -0.15) is 0 Å². The van der Waals surface area contributed by atoms with Crippen molar-refractivity contribution in [3.8, 4) is 0 Å². The van der Waals surface area contributed by atoms with E-state index in [1.54, 1.807) is 0 Å². The minimum absolute atomic E-state index is 0.799. The number of nitrogens with zero attached hydrogens (tertiary/aromatic N) is 1. The maximum atomic E-state index is 3.57. The van der Waals surface area contributed by atoms with Gasteiger partial charge in [0.25, 0.3) is 0 Å². The van der Waals surface area contributed by atoms with Crippen LogP contribution in [0.25, 0.3) is 0 Å². The molecule has 1 aromatic carbocycles. The van der Waals surface area contributed by atoms with Crippen LogP contribution in [0.4, 0.5) is 5.69 Å². The van der Waals surface area contributed by atoms with Crippen molar-refractivity contribution in [3.63, 3.8) is 0 Å². The molecular weight excluding hydrogens is 232 g/mol. The number of hydrogen-bond donors (Lipinski definition) is 1. The molecule has 3 rings (SSSR count). The monoisotopic (exact) mass is 258 g/mol. The topological polar surface area (TPSA) is 15.3 Å². The van der Waals surface area contributed by atoms with Gasteiger partial charge in [0.05, 0.1) is 0 Å². The molecule has 0 amide bonds. The van der Waals surface area contributed by atoms with Crippen LogP contribution in [0.2, 0.25) is 0 Å². The van der Waals surface area contributed by atoms with Crippen molar-refractivity contribution in [1.82, 2.24) is 5.32 Å². The molecule has 19 heavy (non-hydrogen) atoms. The van der Waals surface area contributed by atoms with Gasteiger partial charge in [0.15, 0.2) is 0 Å². The number of benzene rings is 1. The lowest BCUT2D eigenvalue weighted by molar-refractivity contribution is 0.530. The van der Waals surface area contributed by atoms with Crippen LogP contribution >= 0.6 is 0 Å². The molecule has 104 valence electrons. The molecule has 1 heterocycles. The highest BCUT2D eigenvalue weighted by molar-refractivity contribution is 5.48. The van der Waals surface area contributed by atoms with E-state index in [-0.39, 0.29) is 0 Å². The van der Waals surface area contributed by atoms with E-state index in [9.17, 15) is 0 Å². The predicted octanol–water partition coefficient (Wildman–Crippen LogP) is 3.57. The number of hydrogen-bond acceptors (Lipinski definition) is 2. The lowest BCUT2D eigenvalue weighted by Crippen LogP contribution is -2.20. The molecule has 0 spiro atoms. The van der Waals surface area contributed by atoms with Crippen LogP contribution in [0.1, 0.15) is 44.6 Å². The SMILES string of the molecule is CCCC1CCN(c2ccc(CNC3CC3)cc2)C1. The molecule has 1 saturated carbocycles. The first-order valence-corrected chi connectivity index (χ1v) is 7.92. The highest BCUT2D eigenvalue weighted by Crippen LogP contribution is 2.26. The van der Waals surface area contributed by atoms with Crippen molar-refractivity contribution in [2.75, 3.05) is 18.0 Å². The first kappa shape index (κ1) is 13.0. The second-order valence-electron chi connectivity index (χ2n) is 6.21. The summed E-state index contributed by atoms with van der Waals surface area (Å²) in [6, 6.07) is 9.99. The molecule has 2 nitrogen and oxygen atoms in total. The summed E-state index contributed by atoms with van der Waals surface area (Å²) in [4.78, 5) is 2.55. The van der Waals surface area contributed by atoms with Gasteiger partial charge in [0.1, 0.15) is 0 Å². The van der Waals surface area contributed by atoms with Gasteiger partial charge in [-0.1, -0.05) is 25.5 Å². The molecule has 1 N–H and O–H groups in total. The van der Waals surface area contributed by atoms with Crippen LogP contribution in [-0.4, -0.2) is 19.1 Å². The van der Waals surface area contributed by atoms with Crippen molar-refractivity contribution in [1.29, 1.82) is 0 Å². The zero-order valence-electron chi connectivity index (χ0n) is 12.1. The van der Waals surface area contributed by atoms with Gasteiger partial charge in [0, 0.05) is 31.4 Å². The summed E-state index contributed by atoms with van der Waals surface area (Å²) in [5.41, 5.74) is 2.83. The third-order valence-electron chi connectivity index (χ3n) is 4.46. The summed E-state index contributed by atoms with van der Waals surface area (Å²) in [5, 5.41) is 3.57. The fraction of sp³-hybridized carbons (Fsp3) is 0.647. The molecule has 0 radical (unpaired) electrons. The van der Waals surface area contributed by atoms with Gasteiger partial charge in [-0.15, -0.1) is 0 Å². The molecule has 1 unspecified atom stereocenters. The molecule has 2 aliphatic rings. The van der Waals surface area contributed by atoms with E-state index in [0.717, 1.165) is 18.5 Å². The highest BCUT2D eigenvalue weighted by atomic mass is 15.1. The van der Waals surface area contributed by atoms with E-state index in [1.165, 1.54) is 56.4 Å². The van der Waals surface area contributed by atoms with E-state index < -0.39 is 0 Å². The summed E-state index contributed by atoms with van der Waals surface area (Å²) in [7, 11) is 0. The van der Waals surface area contributed by atoms with Gasteiger partial charge in [0.2, 0.25) is 0 Å². The quantitative estimate of drug-likeness (QED) is 0.839.